The maximum Gasteiger partial charge on any atom is 0.231 e. The van der Waals surface area contributed by atoms with Crippen LogP contribution in [0.3, 0.4) is 0 Å². The number of aromatic nitrogens is 2. The van der Waals surface area contributed by atoms with Crippen LogP contribution in [0, 0.1) is 0 Å². The van der Waals surface area contributed by atoms with E-state index in [0.717, 1.165) is 29.2 Å². The van der Waals surface area contributed by atoms with E-state index in [1.165, 1.54) is 5.56 Å². The molecule has 1 saturated heterocycles. The molecule has 19 heavy (non-hydrogen) atoms. The van der Waals surface area contributed by atoms with Crippen molar-refractivity contribution in [3.63, 3.8) is 0 Å². The van der Waals surface area contributed by atoms with Gasteiger partial charge in [0.2, 0.25) is 5.89 Å². The van der Waals surface area contributed by atoms with Gasteiger partial charge in [-0.25, -0.2) is 0 Å². The highest BCUT2D eigenvalue weighted by molar-refractivity contribution is 9.10. The van der Waals surface area contributed by atoms with Gasteiger partial charge in [-0.2, -0.15) is 4.98 Å². The van der Waals surface area contributed by atoms with Crippen molar-refractivity contribution in [3.8, 4) is 0 Å². The van der Waals surface area contributed by atoms with Gasteiger partial charge in [-0.05, 0) is 31.5 Å². The summed E-state index contributed by atoms with van der Waals surface area (Å²) in [6.07, 6.45) is 1.76. The molecule has 0 saturated carbocycles. The van der Waals surface area contributed by atoms with E-state index < -0.39 is 0 Å². The lowest BCUT2D eigenvalue weighted by Crippen LogP contribution is -2.21. The molecule has 1 N–H and O–H groups in total. The van der Waals surface area contributed by atoms with Crippen LogP contribution in [0.4, 0.5) is 0 Å². The zero-order chi connectivity index (χ0) is 13.2. The molecule has 0 radical (unpaired) electrons. The van der Waals surface area contributed by atoms with Gasteiger partial charge in [-0.1, -0.05) is 39.3 Å². The highest BCUT2D eigenvalue weighted by Gasteiger charge is 2.29. The normalized spacial score (nSPS) is 22.8. The monoisotopic (exact) mass is 321 g/mol. The summed E-state index contributed by atoms with van der Waals surface area (Å²) in [4.78, 5) is 4.54. The highest BCUT2D eigenvalue weighted by Crippen LogP contribution is 2.26. The molecule has 3 rings (SSSR count). The summed E-state index contributed by atoms with van der Waals surface area (Å²) in [5.41, 5.74) is 1.17. The summed E-state index contributed by atoms with van der Waals surface area (Å²) < 4.78 is 6.50. The van der Waals surface area contributed by atoms with Gasteiger partial charge in [0.05, 0.1) is 5.92 Å². The Labute approximate surface area is 120 Å². The third-order valence-corrected chi connectivity index (χ3v) is 4.41. The number of nitrogens with one attached hydrogen (secondary N) is 1. The molecule has 1 fully saturated rings. The van der Waals surface area contributed by atoms with E-state index in [0.29, 0.717) is 18.4 Å². The second-order valence-electron chi connectivity index (χ2n) is 4.95. The number of hydrogen-bond donors (Lipinski definition) is 1. The molecular formula is C14H16BrN3O. The van der Waals surface area contributed by atoms with Crippen molar-refractivity contribution in [2.75, 3.05) is 6.54 Å². The van der Waals surface area contributed by atoms with Crippen molar-refractivity contribution in [2.45, 2.75) is 31.7 Å². The van der Waals surface area contributed by atoms with E-state index in [2.05, 4.69) is 44.4 Å². The fraction of sp³-hybridized carbons (Fsp3) is 0.429. The SMILES string of the molecule is CC1NCCC1c1nc(Cc2ccccc2Br)no1. The van der Waals surface area contributed by atoms with E-state index >= 15 is 0 Å². The molecule has 0 bridgehead atoms. The molecule has 4 nitrogen and oxygen atoms in total. The van der Waals surface area contributed by atoms with Crippen molar-refractivity contribution >= 4 is 15.9 Å². The second-order valence-corrected chi connectivity index (χ2v) is 5.81. The summed E-state index contributed by atoms with van der Waals surface area (Å²) >= 11 is 3.54. The fourth-order valence-electron chi connectivity index (χ4n) is 2.50. The first kappa shape index (κ1) is 12.8. The second kappa shape index (κ2) is 5.43. The van der Waals surface area contributed by atoms with Gasteiger partial charge in [0.1, 0.15) is 0 Å². The highest BCUT2D eigenvalue weighted by atomic mass is 79.9. The first-order chi connectivity index (χ1) is 9.24. The average molecular weight is 322 g/mol. The minimum Gasteiger partial charge on any atom is -0.339 e. The van der Waals surface area contributed by atoms with Gasteiger partial charge in [-0.3, -0.25) is 0 Å². The third kappa shape index (κ3) is 2.72. The lowest BCUT2D eigenvalue weighted by molar-refractivity contribution is 0.342. The van der Waals surface area contributed by atoms with Crippen LogP contribution < -0.4 is 5.32 Å². The molecule has 1 aromatic carbocycles. The Morgan fingerprint density at radius 3 is 3.00 bits per heavy atom. The maximum absolute atomic E-state index is 5.41. The largest absolute Gasteiger partial charge is 0.339 e. The number of halogens is 1. The third-order valence-electron chi connectivity index (χ3n) is 3.63. The van der Waals surface area contributed by atoms with Crippen molar-refractivity contribution in [2.24, 2.45) is 0 Å². The quantitative estimate of drug-likeness (QED) is 0.944. The van der Waals surface area contributed by atoms with Crippen LogP contribution in [0.25, 0.3) is 0 Å². The van der Waals surface area contributed by atoms with Crippen LogP contribution in [-0.2, 0) is 6.42 Å². The Hall–Kier alpha value is -1.20. The molecular weight excluding hydrogens is 306 g/mol. The molecule has 5 heteroatoms. The number of rotatable bonds is 3. The molecule has 2 heterocycles. The number of hydrogen-bond acceptors (Lipinski definition) is 4. The minimum atomic E-state index is 0.348. The predicted molar refractivity (Wildman–Crippen MR) is 76.1 cm³/mol. The fourth-order valence-corrected chi connectivity index (χ4v) is 2.92. The van der Waals surface area contributed by atoms with E-state index in [9.17, 15) is 0 Å². The van der Waals surface area contributed by atoms with Crippen molar-refractivity contribution in [1.82, 2.24) is 15.5 Å². The number of nitrogens with zero attached hydrogens (tertiary/aromatic N) is 2. The summed E-state index contributed by atoms with van der Waals surface area (Å²) in [6, 6.07) is 8.53. The van der Waals surface area contributed by atoms with Gasteiger partial charge in [0.15, 0.2) is 5.82 Å². The lowest BCUT2D eigenvalue weighted by atomic mass is 10.0. The Morgan fingerprint density at radius 2 is 2.26 bits per heavy atom. The van der Waals surface area contributed by atoms with Crippen LogP contribution in [0.1, 0.15) is 36.5 Å². The molecule has 0 spiro atoms. The Kier molecular flexibility index (Phi) is 3.66. The molecule has 1 aliphatic rings. The van der Waals surface area contributed by atoms with Crippen molar-refractivity contribution < 1.29 is 4.52 Å². The van der Waals surface area contributed by atoms with Gasteiger partial charge >= 0.3 is 0 Å². The van der Waals surface area contributed by atoms with Crippen molar-refractivity contribution in [3.05, 3.63) is 46.0 Å². The molecule has 100 valence electrons. The molecule has 2 unspecified atom stereocenters. The zero-order valence-corrected chi connectivity index (χ0v) is 12.4. The predicted octanol–water partition coefficient (Wildman–Crippen LogP) is 2.89. The molecule has 0 aliphatic carbocycles. The maximum atomic E-state index is 5.41. The number of benzene rings is 1. The van der Waals surface area contributed by atoms with Gasteiger partial charge in [0.25, 0.3) is 0 Å². The molecule has 1 aliphatic heterocycles. The van der Waals surface area contributed by atoms with Crippen LogP contribution in [0.2, 0.25) is 0 Å². The van der Waals surface area contributed by atoms with Gasteiger partial charge in [0, 0.05) is 16.9 Å². The van der Waals surface area contributed by atoms with Crippen LogP contribution >= 0.6 is 15.9 Å². The molecule has 0 amide bonds. The average Bonchev–Trinajstić information content (AvgIpc) is 3.01. The zero-order valence-electron chi connectivity index (χ0n) is 10.8. The van der Waals surface area contributed by atoms with E-state index in [4.69, 9.17) is 4.52 Å². The van der Waals surface area contributed by atoms with Gasteiger partial charge in [-0.15, -0.1) is 0 Å². The Balaban J connectivity index is 1.77. The Bertz CT molecular complexity index is 569. The summed E-state index contributed by atoms with van der Waals surface area (Å²) in [5, 5.41) is 7.50. The van der Waals surface area contributed by atoms with Crippen LogP contribution in [-0.4, -0.2) is 22.7 Å². The molecule has 1 aromatic heterocycles. The summed E-state index contributed by atoms with van der Waals surface area (Å²) in [6.45, 7) is 3.18. The minimum absolute atomic E-state index is 0.348. The topological polar surface area (TPSA) is 51.0 Å². The smallest absolute Gasteiger partial charge is 0.231 e. The van der Waals surface area contributed by atoms with E-state index in [1.54, 1.807) is 0 Å². The standard InChI is InChI=1S/C14H16BrN3O/c1-9-11(6-7-16-9)14-17-13(18-19-14)8-10-4-2-3-5-12(10)15/h2-5,9,11,16H,6-8H2,1H3. The lowest BCUT2D eigenvalue weighted by Gasteiger charge is -2.08. The van der Waals surface area contributed by atoms with Crippen LogP contribution in [0.5, 0.6) is 0 Å². The van der Waals surface area contributed by atoms with Gasteiger partial charge < -0.3 is 9.84 Å². The van der Waals surface area contributed by atoms with Crippen LogP contribution in [0.15, 0.2) is 33.3 Å². The Morgan fingerprint density at radius 1 is 1.42 bits per heavy atom. The molecule has 2 atom stereocenters. The summed E-state index contributed by atoms with van der Waals surface area (Å²) in [7, 11) is 0. The van der Waals surface area contributed by atoms with E-state index in [1.807, 2.05) is 18.2 Å². The molecule has 2 aromatic rings. The summed E-state index contributed by atoms with van der Waals surface area (Å²) in [5.74, 6) is 1.86. The first-order valence-corrected chi connectivity index (χ1v) is 7.32. The van der Waals surface area contributed by atoms with E-state index in [-0.39, 0.29) is 0 Å². The van der Waals surface area contributed by atoms with Crippen molar-refractivity contribution in [1.29, 1.82) is 0 Å². The first-order valence-electron chi connectivity index (χ1n) is 6.53.